The first-order valence-electron chi connectivity index (χ1n) is 5.42. The lowest BCUT2D eigenvalue weighted by molar-refractivity contribution is 0.288. The zero-order valence-corrected chi connectivity index (χ0v) is 11.6. The van der Waals surface area contributed by atoms with E-state index in [1.54, 1.807) is 0 Å². The SMILES string of the molecule is CCOc1nc(OCC)c(Cl)c(OCC)c1Cl. The molecule has 0 N–H and O–H groups in total. The third-order valence-electron chi connectivity index (χ3n) is 1.83. The molecular weight excluding hydrogens is 265 g/mol. The summed E-state index contributed by atoms with van der Waals surface area (Å²) >= 11 is 12.2. The standard InChI is InChI=1S/C11H15Cl2NO3/c1-4-15-9-7(12)10(16-5-2)14-11(8(9)13)17-6-3/h4-6H2,1-3H3. The van der Waals surface area contributed by atoms with Crippen molar-refractivity contribution in [1.82, 2.24) is 4.98 Å². The van der Waals surface area contributed by atoms with Crippen LogP contribution in [0.15, 0.2) is 0 Å². The summed E-state index contributed by atoms with van der Waals surface area (Å²) in [5.41, 5.74) is 0. The summed E-state index contributed by atoms with van der Waals surface area (Å²) in [6.45, 7) is 6.87. The van der Waals surface area contributed by atoms with Crippen molar-refractivity contribution < 1.29 is 14.2 Å². The van der Waals surface area contributed by atoms with Crippen molar-refractivity contribution in [3.63, 3.8) is 0 Å². The highest BCUT2D eigenvalue weighted by Gasteiger charge is 2.20. The largest absolute Gasteiger partial charge is 0.490 e. The third kappa shape index (κ3) is 3.30. The lowest BCUT2D eigenvalue weighted by Gasteiger charge is -2.14. The van der Waals surface area contributed by atoms with Crippen LogP contribution in [0, 0.1) is 0 Å². The molecule has 0 amide bonds. The van der Waals surface area contributed by atoms with E-state index in [1.165, 1.54) is 0 Å². The Hall–Kier alpha value is -0.870. The van der Waals surface area contributed by atoms with Gasteiger partial charge in [0.05, 0.1) is 19.8 Å². The molecule has 0 unspecified atom stereocenters. The Balaban J connectivity index is 3.24. The molecule has 6 heteroatoms. The first-order valence-corrected chi connectivity index (χ1v) is 6.18. The Labute approximate surface area is 111 Å². The number of hydrogen-bond acceptors (Lipinski definition) is 4. The van der Waals surface area contributed by atoms with Crippen molar-refractivity contribution in [3.05, 3.63) is 10.0 Å². The van der Waals surface area contributed by atoms with E-state index in [1.807, 2.05) is 20.8 Å². The zero-order chi connectivity index (χ0) is 12.8. The molecule has 0 aliphatic heterocycles. The van der Waals surface area contributed by atoms with Crippen molar-refractivity contribution >= 4 is 23.2 Å². The Bertz CT molecular complexity index is 355. The zero-order valence-electron chi connectivity index (χ0n) is 10.0. The van der Waals surface area contributed by atoms with Crippen molar-refractivity contribution in [2.75, 3.05) is 19.8 Å². The molecular formula is C11H15Cl2NO3. The molecule has 0 radical (unpaired) electrons. The molecule has 0 fully saturated rings. The van der Waals surface area contributed by atoms with Crippen LogP contribution in [0.1, 0.15) is 20.8 Å². The van der Waals surface area contributed by atoms with E-state index in [4.69, 9.17) is 37.4 Å². The highest BCUT2D eigenvalue weighted by atomic mass is 35.5. The van der Waals surface area contributed by atoms with Gasteiger partial charge in [-0.2, -0.15) is 4.98 Å². The number of aromatic nitrogens is 1. The highest BCUT2D eigenvalue weighted by Crippen LogP contribution is 2.43. The lowest BCUT2D eigenvalue weighted by atomic mass is 10.4. The summed E-state index contributed by atoms with van der Waals surface area (Å²) in [4.78, 5) is 4.11. The molecule has 96 valence electrons. The fourth-order valence-corrected chi connectivity index (χ4v) is 1.76. The van der Waals surface area contributed by atoms with Gasteiger partial charge >= 0.3 is 0 Å². The summed E-state index contributed by atoms with van der Waals surface area (Å²) in [6.07, 6.45) is 0. The van der Waals surface area contributed by atoms with Gasteiger partial charge in [-0.3, -0.25) is 0 Å². The quantitative estimate of drug-likeness (QED) is 0.798. The summed E-state index contributed by atoms with van der Waals surface area (Å²) < 4.78 is 16.0. The Kier molecular flexibility index (Phi) is 5.65. The van der Waals surface area contributed by atoms with Crippen LogP contribution < -0.4 is 14.2 Å². The first kappa shape index (κ1) is 14.2. The van der Waals surface area contributed by atoms with Gasteiger partial charge in [0.25, 0.3) is 0 Å². The first-order chi connectivity index (χ1) is 8.15. The summed E-state index contributed by atoms with van der Waals surface area (Å²) in [6, 6.07) is 0. The number of hydrogen-bond donors (Lipinski definition) is 0. The monoisotopic (exact) mass is 279 g/mol. The van der Waals surface area contributed by atoms with Gasteiger partial charge in [0.1, 0.15) is 10.0 Å². The molecule has 0 atom stereocenters. The molecule has 17 heavy (non-hydrogen) atoms. The van der Waals surface area contributed by atoms with Gasteiger partial charge in [0.2, 0.25) is 11.8 Å². The maximum atomic E-state index is 6.09. The molecule has 0 saturated carbocycles. The number of ether oxygens (including phenoxy) is 3. The van der Waals surface area contributed by atoms with Gasteiger partial charge in [-0.15, -0.1) is 0 Å². The van der Waals surface area contributed by atoms with Gasteiger partial charge in [-0.05, 0) is 20.8 Å². The molecule has 1 aromatic rings. The number of nitrogens with zero attached hydrogens (tertiary/aromatic N) is 1. The van der Waals surface area contributed by atoms with Gasteiger partial charge in [0, 0.05) is 0 Å². The highest BCUT2D eigenvalue weighted by molar-refractivity contribution is 6.38. The van der Waals surface area contributed by atoms with Gasteiger partial charge in [0.15, 0.2) is 5.75 Å². The predicted octanol–water partition coefficient (Wildman–Crippen LogP) is 3.58. The normalized spacial score (nSPS) is 10.2. The van der Waals surface area contributed by atoms with Crippen LogP contribution in [-0.2, 0) is 0 Å². The molecule has 0 aliphatic carbocycles. The molecule has 0 aliphatic rings. The third-order valence-corrected chi connectivity index (χ3v) is 2.49. The van der Waals surface area contributed by atoms with Crippen molar-refractivity contribution in [2.45, 2.75) is 20.8 Å². The second-order valence-corrected chi connectivity index (χ2v) is 3.73. The number of pyridine rings is 1. The summed E-state index contributed by atoms with van der Waals surface area (Å²) in [5.74, 6) is 0.883. The average Bonchev–Trinajstić information content (AvgIpc) is 2.31. The fraction of sp³-hybridized carbons (Fsp3) is 0.545. The van der Waals surface area contributed by atoms with E-state index in [0.29, 0.717) is 25.6 Å². The van der Waals surface area contributed by atoms with Crippen molar-refractivity contribution in [3.8, 4) is 17.5 Å². The van der Waals surface area contributed by atoms with E-state index < -0.39 is 0 Å². The van der Waals surface area contributed by atoms with Crippen molar-refractivity contribution in [1.29, 1.82) is 0 Å². The van der Waals surface area contributed by atoms with E-state index in [9.17, 15) is 0 Å². The molecule has 4 nitrogen and oxygen atoms in total. The smallest absolute Gasteiger partial charge is 0.239 e. The van der Waals surface area contributed by atoms with Crippen molar-refractivity contribution in [2.24, 2.45) is 0 Å². The molecule has 1 heterocycles. The Morgan fingerprint density at radius 1 is 0.824 bits per heavy atom. The topological polar surface area (TPSA) is 40.6 Å². The van der Waals surface area contributed by atoms with Gasteiger partial charge < -0.3 is 14.2 Å². The van der Waals surface area contributed by atoms with Crippen LogP contribution >= 0.6 is 23.2 Å². The Morgan fingerprint density at radius 3 is 1.59 bits per heavy atom. The number of halogens is 2. The van der Waals surface area contributed by atoms with E-state index >= 15 is 0 Å². The molecule has 0 bridgehead atoms. The van der Waals surface area contributed by atoms with Crippen LogP contribution in [0.25, 0.3) is 0 Å². The number of rotatable bonds is 6. The van der Waals surface area contributed by atoms with E-state index in [0.717, 1.165) is 0 Å². The minimum atomic E-state index is 0.266. The fourth-order valence-electron chi connectivity index (χ4n) is 1.22. The minimum absolute atomic E-state index is 0.266. The molecule has 1 rings (SSSR count). The van der Waals surface area contributed by atoms with Crippen LogP contribution in [0.4, 0.5) is 0 Å². The molecule has 0 spiro atoms. The van der Waals surface area contributed by atoms with Crippen LogP contribution in [0.2, 0.25) is 10.0 Å². The maximum Gasteiger partial charge on any atom is 0.239 e. The van der Waals surface area contributed by atoms with Gasteiger partial charge in [-0.25, -0.2) is 0 Å². The maximum absolute atomic E-state index is 6.09. The summed E-state index contributed by atoms with van der Waals surface area (Å²) in [7, 11) is 0. The second-order valence-electron chi connectivity index (χ2n) is 2.98. The average molecular weight is 280 g/mol. The molecule has 0 aromatic carbocycles. The minimum Gasteiger partial charge on any atom is -0.490 e. The van der Waals surface area contributed by atoms with Gasteiger partial charge in [-0.1, -0.05) is 23.2 Å². The molecule has 0 saturated heterocycles. The van der Waals surface area contributed by atoms with Crippen LogP contribution in [0.5, 0.6) is 17.5 Å². The van der Waals surface area contributed by atoms with Crippen LogP contribution in [0.3, 0.4) is 0 Å². The van der Waals surface area contributed by atoms with E-state index in [2.05, 4.69) is 4.98 Å². The second kappa shape index (κ2) is 6.77. The van der Waals surface area contributed by atoms with Crippen LogP contribution in [-0.4, -0.2) is 24.8 Å². The Morgan fingerprint density at radius 2 is 1.24 bits per heavy atom. The molecule has 1 aromatic heterocycles. The van der Waals surface area contributed by atoms with E-state index in [-0.39, 0.29) is 21.8 Å². The lowest BCUT2D eigenvalue weighted by Crippen LogP contribution is -2.03. The summed E-state index contributed by atoms with van der Waals surface area (Å²) in [5, 5.41) is 0.532. The predicted molar refractivity (Wildman–Crippen MR) is 67.8 cm³/mol.